The van der Waals surface area contributed by atoms with E-state index in [0.717, 1.165) is 16.5 Å². The molecule has 8 heteroatoms. The zero-order valence-electron chi connectivity index (χ0n) is 17.5. The van der Waals surface area contributed by atoms with Crippen LogP contribution in [0.1, 0.15) is 29.4 Å². The number of hydrogen-bond donors (Lipinski definition) is 1. The number of rotatable bonds is 3. The van der Waals surface area contributed by atoms with Crippen molar-refractivity contribution in [3.8, 4) is 23.1 Å². The van der Waals surface area contributed by atoms with E-state index >= 15 is 0 Å². The predicted octanol–water partition coefficient (Wildman–Crippen LogP) is 1.85. The van der Waals surface area contributed by atoms with Gasteiger partial charge in [-0.3, -0.25) is 9.48 Å². The van der Waals surface area contributed by atoms with Gasteiger partial charge < -0.3 is 14.7 Å². The summed E-state index contributed by atoms with van der Waals surface area (Å²) in [6, 6.07) is 8.95. The number of aryl methyl sites for hydroxylation is 1. The number of carbonyl (C=O) groups excluding carboxylic acids is 2. The number of likely N-dealkylation sites (N-methyl/N-ethyl adjacent to an activating group) is 1. The third kappa shape index (κ3) is 3.64. The van der Waals surface area contributed by atoms with Crippen LogP contribution in [0.4, 0.5) is 0 Å². The van der Waals surface area contributed by atoms with Crippen LogP contribution in [-0.4, -0.2) is 63.0 Å². The summed E-state index contributed by atoms with van der Waals surface area (Å²) in [5.74, 6) is 4.71. The highest BCUT2D eigenvalue weighted by molar-refractivity contribution is 5.98. The first-order valence-electron chi connectivity index (χ1n) is 9.92. The molecule has 1 N–H and O–H groups in total. The number of esters is 1. The minimum Gasteiger partial charge on any atom is -0.464 e. The molecule has 8 nitrogen and oxygen atoms in total. The Labute approximate surface area is 179 Å². The SMILES string of the molecule is CCn1ncc2c(-c3cccc(C#C[C@]4(O)CCN(C)C4=O)c3)nc(C(=O)OC)cc21. The molecule has 1 atom stereocenters. The summed E-state index contributed by atoms with van der Waals surface area (Å²) in [5.41, 5.74) is 1.23. The summed E-state index contributed by atoms with van der Waals surface area (Å²) in [6.45, 7) is 3.07. The summed E-state index contributed by atoms with van der Waals surface area (Å²) in [4.78, 5) is 30.3. The van der Waals surface area contributed by atoms with Crippen molar-refractivity contribution in [1.29, 1.82) is 0 Å². The van der Waals surface area contributed by atoms with Crippen LogP contribution in [0.25, 0.3) is 22.2 Å². The quantitative estimate of drug-likeness (QED) is 0.515. The molecule has 0 unspecified atom stereocenters. The molecule has 0 spiro atoms. The molecule has 1 saturated heterocycles. The Kier molecular flexibility index (Phi) is 5.21. The van der Waals surface area contributed by atoms with E-state index in [2.05, 4.69) is 21.9 Å². The maximum atomic E-state index is 12.2. The third-order valence-corrected chi connectivity index (χ3v) is 5.39. The standard InChI is InChI=1S/C23H22N4O4/c1-4-27-19-13-18(21(28)31-3)25-20(17(19)14-24-27)16-7-5-6-15(12-16)8-9-23(30)10-11-26(2)22(23)29/h5-7,12-14,30H,4,10-11H2,1-3H3/t23-/m0/s1. The number of fused-ring (bicyclic) bond motifs is 1. The molecule has 2 aromatic heterocycles. The van der Waals surface area contributed by atoms with Crippen molar-refractivity contribution in [3.63, 3.8) is 0 Å². The van der Waals surface area contributed by atoms with E-state index in [1.807, 2.05) is 25.1 Å². The van der Waals surface area contributed by atoms with Crippen LogP contribution in [0, 0.1) is 11.8 Å². The molecule has 3 heterocycles. The lowest BCUT2D eigenvalue weighted by atomic mass is 10.0. The summed E-state index contributed by atoms with van der Waals surface area (Å²) in [5, 5.41) is 15.7. The largest absolute Gasteiger partial charge is 0.464 e. The number of likely N-dealkylation sites (tertiary alicyclic amines) is 1. The first-order valence-corrected chi connectivity index (χ1v) is 9.92. The molecule has 0 saturated carbocycles. The Morgan fingerprint density at radius 3 is 2.84 bits per heavy atom. The van der Waals surface area contributed by atoms with E-state index < -0.39 is 17.5 Å². The van der Waals surface area contributed by atoms with Gasteiger partial charge in [0.15, 0.2) is 5.69 Å². The Morgan fingerprint density at radius 2 is 2.16 bits per heavy atom. The minimum absolute atomic E-state index is 0.186. The Hall–Kier alpha value is -3.70. The zero-order valence-corrected chi connectivity index (χ0v) is 17.5. The number of aromatic nitrogens is 3. The molecule has 1 aromatic carbocycles. The highest BCUT2D eigenvalue weighted by Crippen LogP contribution is 2.29. The molecule has 4 rings (SSSR count). The number of benzene rings is 1. The maximum absolute atomic E-state index is 12.2. The van der Waals surface area contributed by atoms with Crippen molar-refractivity contribution in [2.75, 3.05) is 20.7 Å². The van der Waals surface area contributed by atoms with Crippen molar-refractivity contribution >= 4 is 22.8 Å². The average Bonchev–Trinajstić information content (AvgIpc) is 3.33. The lowest BCUT2D eigenvalue weighted by Gasteiger charge is -2.13. The second kappa shape index (κ2) is 7.85. The van der Waals surface area contributed by atoms with Crippen molar-refractivity contribution in [2.45, 2.75) is 25.5 Å². The number of carbonyl (C=O) groups is 2. The van der Waals surface area contributed by atoms with Gasteiger partial charge in [0, 0.05) is 43.1 Å². The van der Waals surface area contributed by atoms with Crippen molar-refractivity contribution in [3.05, 3.63) is 47.8 Å². The molecular formula is C23H22N4O4. The number of amides is 1. The molecule has 0 aliphatic carbocycles. The van der Waals surface area contributed by atoms with Gasteiger partial charge in [-0.2, -0.15) is 5.10 Å². The van der Waals surface area contributed by atoms with Crippen LogP contribution in [0.2, 0.25) is 0 Å². The number of aliphatic hydroxyl groups is 1. The van der Waals surface area contributed by atoms with Gasteiger partial charge in [-0.25, -0.2) is 9.78 Å². The maximum Gasteiger partial charge on any atom is 0.356 e. The van der Waals surface area contributed by atoms with E-state index in [-0.39, 0.29) is 12.1 Å². The average molecular weight is 418 g/mol. The number of ether oxygens (including phenoxy) is 1. The van der Waals surface area contributed by atoms with Crippen LogP contribution >= 0.6 is 0 Å². The minimum atomic E-state index is -1.66. The molecule has 1 aliphatic rings. The van der Waals surface area contributed by atoms with Crippen LogP contribution in [0.15, 0.2) is 36.5 Å². The topological polar surface area (TPSA) is 97.5 Å². The molecule has 0 bridgehead atoms. The van der Waals surface area contributed by atoms with Crippen LogP contribution in [0.3, 0.4) is 0 Å². The summed E-state index contributed by atoms with van der Waals surface area (Å²) < 4.78 is 6.64. The van der Waals surface area contributed by atoms with E-state index in [1.54, 1.807) is 30.1 Å². The van der Waals surface area contributed by atoms with E-state index in [1.165, 1.54) is 12.0 Å². The van der Waals surface area contributed by atoms with Gasteiger partial charge in [0.1, 0.15) is 0 Å². The molecule has 31 heavy (non-hydrogen) atoms. The van der Waals surface area contributed by atoms with Crippen LogP contribution in [-0.2, 0) is 16.1 Å². The van der Waals surface area contributed by atoms with Gasteiger partial charge in [0.2, 0.25) is 5.60 Å². The summed E-state index contributed by atoms with van der Waals surface area (Å²) in [7, 11) is 2.96. The predicted molar refractivity (Wildman–Crippen MR) is 114 cm³/mol. The van der Waals surface area contributed by atoms with E-state index in [9.17, 15) is 14.7 Å². The fourth-order valence-electron chi connectivity index (χ4n) is 3.64. The molecule has 1 aliphatic heterocycles. The Bertz CT molecular complexity index is 1250. The highest BCUT2D eigenvalue weighted by Gasteiger charge is 2.42. The molecule has 158 valence electrons. The lowest BCUT2D eigenvalue weighted by molar-refractivity contribution is -0.137. The van der Waals surface area contributed by atoms with Crippen molar-refractivity contribution in [1.82, 2.24) is 19.7 Å². The van der Waals surface area contributed by atoms with Gasteiger partial charge in [-0.15, -0.1) is 0 Å². The zero-order chi connectivity index (χ0) is 22.2. The molecule has 0 radical (unpaired) electrons. The van der Waals surface area contributed by atoms with Crippen molar-refractivity contribution < 1.29 is 19.4 Å². The van der Waals surface area contributed by atoms with E-state index in [0.29, 0.717) is 24.3 Å². The fourth-order valence-corrected chi connectivity index (χ4v) is 3.64. The fraction of sp³-hybridized carbons (Fsp3) is 0.304. The molecule has 3 aromatic rings. The van der Waals surface area contributed by atoms with Crippen molar-refractivity contribution in [2.24, 2.45) is 0 Å². The summed E-state index contributed by atoms with van der Waals surface area (Å²) >= 11 is 0. The van der Waals surface area contributed by atoms with Gasteiger partial charge in [-0.1, -0.05) is 24.0 Å². The Morgan fingerprint density at radius 1 is 1.35 bits per heavy atom. The van der Waals surface area contributed by atoms with E-state index in [4.69, 9.17) is 4.74 Å². The van der Waals surface area contributed by atoms with Gasteiger partial charge in [-0.05, 0) is 25.1 Å². The van der Waals surface area contributed by atoms with Crippen LogP contribution < -0.4 is 0 Å². The second-order valence-corrected chi connectivity index (χ2v) is 7.41. The first-order chi connectivity index (χ1) is 14.9. The smallest absolute Gasteiger partial charge is 0.356 e. The second-order valence-electron chi connectivity index (χ2n) is 7.41. The summed E-state index contributed by atoms with van der Waals surface area (Å²) in [6.07, 6.45) is 1.99. The number of hydrogen-bond acceptors (Lipinski definition) is 6. The monoisotopic (exact) mass is 418 g/mol. The highest BCUT2D eigenvalue weighted by atomic mass is 16.5. The normalized spacial score (nSPS) is 18.2. The lowest BCUT2D eigenvalue weighted by Crippen LogP contribution is -2.37. The molecule has 1 amide bonds. The Balaban J connectivity index is 1.80. The molecule has 1 fully saturated rings. The first kappa shape index (κ1) is 20.6. The number of pyridine rings is 1. The number of nitrogens with zero attached hydrogens (tertiary/aromatic N) is 4. The van der Waals surface area contributed by atoms with Gasteiger partial charge >= 0.3 is 5.97 Å². The number of methoxy groups -OCH3 is 1. The van der Waals surface area contributed by atoms with Gasteiger partial charge in [0.05, 0.1) is 24.5 Å². The third-order valence-electron chi connectivity index (χ3n) is 5.39. The molecular weight excluding hydrogens is 396 g/mol. The van der Waals surface area contributed by atoms with Gasteiger partial charge in [0.25, 0.3) is 5.91 Å². The van der Waals surface area contributed by atoms with Crippen LogP contribution in [0.5, 0.6) is 0 Å².